The fourth-order valence-corrected chi connectivity index (χ4v) is 1.86. The zero-order valence-corrected chi connectivity index (χ0v) is 10.3. The van der Waals surface area contributed by atoms with E-state index in [0.29, 0.717) is 10.6 Å². The summed E-state index contributed by atoms with van der Waals surface area (Å²) in [7, 11) is 0. The Bertz CT molecular complexity index is 623. The molecule has 0 saturated carbocycles. The number of hydrogen-bond acceptors (Lipinski definition) is 1. The van der Waals surface area contributed by atoms with Crippen molar-refractivity contribution in [1.29, 1.82) is 0 Å². The first-order chi connectivity index (χ1) is 8.50. The van der Waals surface area contributed by atoms with E-state index in [4.69, 9.17) is 16.7 Å². The first kappa shape index (κ1) is 12.6. The molecule has 1 N–H and O–H groups in total. The van der Waals surface area contributed by atoms with E-state index < -0.39 is 11.8 Å². The molecule has 2 rings (SSSR count). The van der Waals surface area contributed by atoms with Crippen LogP contribution in [0.25, 0.3) is 11.1 Å². The molecule has 0 aliphatic heterocycles. The van der Waals surface area contributed by atoms with Crippen LogP contribution in [0.4, 0.5) is 4.39 Å². The predicted octanol–water partition coefficient (Wildman–Crippen LogP) is 4.15. The van der Waals surface area contributed by atoms with Gasteiger partial charge < -0.3 is 5.11 Å². The standard InChI is InChI=1S/C14H10ClFO2/c1-8-5-6-9(7-12(8)15)10-3-2-4-11(13(10)16)14(17)18/h2-7H,1H3,(H,17,18). The molecule has 0 radical (unpaired) electrons. The molecule has 0 bridgehead atoms. The monoisotopic (exact) mass is 264 g/mol. The molecular formula is C14H10ClFO2. The van der Waals surface area contributed by atoms with Gasteiger partial charge in [-0.15, -0.1) is 0 Å². The number of carbonyl (C=O) groups is 1. The van der Waals surface area contributed by atoms with Crippen molar-refractivity contribution in [2.24, 2.45) is 0 Å². The highest BCUT2D eigenvalue weighted by atomic mass is 35.5. The molecule has 0 spiro atoms. The van der Waals surface area contributed by atoms with Gasteiger partial charge in [0.2, 0.25) is 0 Å². The highest BCUT2D eigenvalue weighted by Crippen LogP contribution is 2.28. The van der Waals surface area contributed by atoms with Gasteiger partial charge in [0, 0.05) is 10.6 Å². The molecular weight excluding hydrogens is 255 g/mol. The minimum atomic E-state index is -1.28. The highest BCUT2D eigenvalue weighted by Gasteiger charge is 2.15. The quantitative estimate of drug-likeness (QED) is 0.885. The second-order valence-electron chi connectivity index (χ2n) is 3.94. The Kier molecular flexibility index (Phi) is 3.34. The lowest BCUT2D eigenvalue weighted by Crippen LogP contribution is -2.01. The third-order valence-electron chi connectivity index (χ3n) is 2.71. The second-order valence-corrected chi connectivity index (χ2v) is 4.34. The lowest BCUT2D eigenvalue weighted by Gasteiger charge is -2.07. The average Bonchev–Trinajstić information content (AvgIpc) is 2.33. The van der Waals surface area contributed by atoms with Gasteiger partial charge in [0.25, 0.3) is 0 Å². The number of halogens is 2. The molecule has 0 unspecified atom stereocenters. The van der Waals surface area contributed by atoms with Crippen LogP contribution in [0.3, 0.4) is 0 Å². The molecule has 0 heterocycles. The third-order valence-corrected chi connectivity index (χ3v) is 3.12. The van der Waals surface area contributed by atoms with Crippen molar-refractivity contribution >= 4 is 17.6 Å². The Balaban J connectivity index is 2.60. The number of aryl methyl sites for hydroxylation is 1. The molecule has 0 amide bonds. The molecule has 2 nitrogen and oxygen atoms in total. The van der Waals surface area contributed by atoms with Crippen LogP contribution in [0.15, 0.2) is 36.4 Å². The van der Waals surface area contributed by atoms with Gasteiger partial charge in [-0.25, -0.2) is 9.18 Å². The van der Waals surface area contributed by atoms with Gasteiger partial charge in [0.05, 0.1) is 5.56 Å². The van der Waals surface area contributed by atoms with E-state index in [0.717, 1.165) is 5.56 Å². The molecule has 4 heteroatoms. The number of hydrogen-bond donors (Lipinski definition) is 1. The molecule has 0 aliphatic rings. The van der Waals surface area contributed by atoms with Crippen LogP contribution in [0.1, 0.15) is 15.9 Å². The fraction of sp³-hybridized carbons (Fsp3) is 0.0714. The summed E-state index contributed by atoms with van der Waals surface area (Å²) < 4.78 is 14.0. The minimum absolute atomic E-state index is 0.233. The lowest BCUT2D eigenvalue weighted by atomic mass is 10.0. The van der Waals surface area contributed by atoms with Gasteiger partial charge in [-0.1, -0.05) is 35.9 Å². The molecule has 92 valence electrons. The first-order valence-corrected chi connectivity index (χ1v) is 5.67. The Morgan fingerprint density at radius 3 is 2.61 bits per heavy atom. The third kappa shape index (κ3) is 2.22. The predicted molar refractivity (Wildman–Crippen MR) is 68.5 cm³/mol. The van der Waals surface area contributed by atoms with E-state index >= 15 is 0 Å². The van der Waals surface area contributed by atoms with Crippen LogP contribution in [0, 0.1) is 12.7 Å². The van der Waals surface area contributed by atoms with E-state index in [-0.39, 0.29) is 11.1 Å². The van der Waals surface area contributed by atoms with Gasteiger partial charge in [-0.2, -0.15) is 0 Å². The zero-order chi connectivity index (χ0) is 13.3. The van der Waals surface area contributed by atoms with Crippen LogP contribution in [-0.4, -0.2) is 11.1 Å². The molecule has 0 saturated heterocycles. The van der Waals surface area contributed by atoms with E-state index in [1.807, 2.05) is 6.92 Å². The summed E-state index contributed by atoms with van der Waals surface area (Å²) >= 11 is 5.98. The summed E-state index contributed by atoms with van der Waals surface area (Å²) in [5.41, 5.74) is 1.34. The maximum absolute atomic E-state index is 14.0. The van der Waals surface area contributed by atoms with Crippen molar-refractivity contribution in [2.75, 3.05) is 0 Å². The normalized spacial score (nSPS) is 10.4. The smallest absolute Gasteiger partial charge is 0.338 e. The van der Waals surface area contributed by atoms with Crippen LogP contribution in [-0.2, 0) is 0 Å². The molecule has 0 aromatic heterocycles. The first-order valence-electron chi connectivity index (χ1n) is 5.29. The summed E-state index contributed by atoms with van der Waals surface area (Å²) in [6.45, 7) is 1.84. The Labute approximate surface area is 109 Å². The van der Waals surface area contributed by atoms with Crippen molar-refractivity contribution in [3.63, 3.8) is 0 Å². The number of carboxylic acid groups (broad SMARTS) is 1. The van der Waals surface area contributed by atoms with Gasteiger partial charge in [-0.3, -0.25) is 0 Å². The molecule has 18 heavy (non-hydrogen) atoms. The van der Waals surface area contributed by atoms with Crippen LogP contribution in [0.2, 0.25) is 5.02 Å². The molecule has 2 aromatic rings. The van der Waals surface area contributed by atoms with E-state index in [9.17, 15) is 9.18 Å². The Morgan fingerprint density at radius 1 is 1.28 bits per heavy atom. The lowest BCUT2D eigenvalue weighted by molar-refractivity contribution is 0.0692. The molecule has 0 aliphatic carbocycles. The second kappa shape index (κ2) is 4.78. The van der Waals surface area contributed by atoms with Crippen molar-refractivity contribution in [3.8, 4) is 11.1 Å². The van der Waals surface area contributed by atoms with Crippen LogP contribution >= 0.6 is 11.6 Å². The maximum Gasteiger partial charge on any atom is 0.338 e. The minimum Gasteiger partial charge on any atom is -0.478 e. The maximum atomic E-state index is 14.0. The van der Waals surface area contributed by atoms with Crippen molar-refractivity contribution in [1.82, 2.24) is 0 Å². The van der Waals surface area contributed by atoms with Crippen molar-refractivity contribution in [2.45, 2.75) is 6.92 Å². The van der Waals surface area contributed by atoms with E-state index in [1.54, 1.807) is 18.2 Å². The van der Waals surface area contributed by atoms with Crippen LogP contribution in [0.5, 0.6) is 0 Å². The van der Waals surface area contributed by atoms with Gasteiger partial charge in [0.15, 0.2) is 0 Å². The average molecular weight is 265 g/mol. The SMILES string of the molecule is Cc1ccc(-c2cccc(C(=O)O)c2F)cc1Cl. The molecule has 0 fully saturated rings. The number of aromatic carboxylic acids is 1. The number of carboxylic acids is 1. The van der Waals surface area contributed by atoms with E-state index in [1.165, 1.54) is 18.2 Å². The Hall–Kier alpha value is -1.87. The topological polar surface area (TPSA) is 37.3 Å². The summed E-state index contributed by atoms with van der Waals surface area (Å²) in [6, 6.07) is 9.38. The largest absolute Gasteiger partial charge is 0.478 e. The summed E-state index contributed by atoms with van der Waals surface area (Å²) in [5.74, 6) is -2.03. The van der Waals surface area contributed by atoms with Crippen molar-refractivity contribution < 1.29 is 14.3 Å². The molecule has 2 aromatic carbocycles. The fourth-order valence-electron chi connectivity index (χ4n) is 1.68. The Morgan fingerprint density at radius 2 is 2.00 bits per heavy atom. The van der Waals surface area contributed by atoms with Crippen LogP contribution < -0.4 is 0 Å². The van der Waals surface area contributed by atoms with Gasteiger partial charge in [0.1, 0.15) is 5.82 Å². The van der Waals surface area contributed by atoms with Gasteiger partial charge >= 0.3 is 5.97 Å². The van der Waals surface area contributed by atoms with Gasteiger partial charge in [-0.05, 0) is 30.2 Å². The molecule has 0 atom stereocenters. The summed E-state index contributed by atoms with van der Waals surface area (Å²) in [4.78, 5) is 10.9. The van der Waals surface area contributed by atoms with E-state index in [2.05, 4.69) is 0 Å². The number of benzene rings is 2. The summed E-state index contributed by atoms with van der Waals surface area (Å²) in [6.07, 6.45) is 0. The number of rotatable bonds is 2. The summed E-state index contributed by atoms with van der Waals surface area (Å²) in [5, 5.41) is 9.39. The highest BCUT2D eigenvalue weighted by molar-refractivity contribution is 6.31. The van der Waals surface area contributed by atoms with Crippen molar-refractivity contribution in [3.05, 3.63) is 58.4 Å². The zero-order valence-electron chi connectivity index (χ0n) is 9.58.